The smallest absolute Gasteiger partial charge is 0.332 e. The fourth-order valence-electron chi connectivity index (χ4n) is 3.16. The quantitative estimate of drug-likeness (QED) is 0.301. The predicted molar refractivity (Wildman–Crippen MR) is 121 cm³/mol. The van der Waals surface area contributed by atoms with E-state index in [9.17, 15) is 14.4 Å². The van der Waals surface area contributed by atoms with Crippen LogP contribution in [0.3, 0.4) is 0 Å². The van der Waals surface area contributed by atoms with Gasteiger partial charge in [-0.3, -0.25) is 18.7 Å². The molecular formula is C22H26N4O4S. The highest BCUT2D eigenvalue weighted by molar-refractivity contribution is 8.00. The molecule has 0 aliphatic carbocycles. The van der Waals surface area contributed by atoms with Gasteiger partial charge in [0.1, 0.15) is 22.0 Å². The van der Waals surface area contributed by atoms with E-state index in [2.05, 4.69) is 9.97 Å². The van der Waals surface area contributed by atoms with E-state index >= 15 is 0 Å². The molecule has 31 heavy (non-hydrogen) atoms. The lowest BCUT2D eigenvalue weighted by Crippen LogP contribution is -2.39. The Morgan fingerprint density at radius 3 is 2.61 bits per heavy atom. The minimum absolute atomic E-state index is 0.00734. The van der Waals surface area contributed by atoms with Gasteiger partial charge in [0.25, 0.3) is 5.56 Å². The number of benzene rings is 1. The fraction of sp³-hybridized carbons (Fsp3) is 0.409. The summed E-state index contributed by atoms with van der Waals surface area (Å²) >= 11 is 1.18. The van der Waals surface area contributed by atoms with Crippen LogP contribution in [0.15, 0.2) is 38.9 Å². The molecule has 0 aliphatic heterocycles. The Bertz CT molecular complexity index is 1250. The van der Waals surface area contributed by atoms with Crippen LogP contribution < -0.4 is 16.0 Å². The van der Waals surface area contributed by atoms with Gasteiger partial charge in [-0.25, -0.2) is 14.8 Å². The molecule has 1 aromatic carbocycles. The van der Waals surface area contributed by atoms with Crippen molar-refractivity contribution in [2.24, 2.45) is 7.05 Å². The molecular weight excluding hydrogens is 416 g/mol. The first-order valence-corrected chi connectivity index (χ1v) is 11.1. The Labute approximate surface area is 184 Å². The third-order valence-corrected chi connectivity index (χ3v) is 5.84. The molecule has 8 nitrogen and oxygen atoms in total. The molecule has 0 atom stereocenters. The molecule has 0 spiro atoms. The number of rotatable bonds is 8. The highest BCUT2D eigenvalue weighted by Crippen LogP contribution is 2.26. The second-order valence-electron chi connectivity index (χ2n) is 7.48. The maximum absolute atomic E-state index is 13.0. The van der Waals surface area contributed by atoms with E-state index in [1.807, 2.05) is 20.8 Å². The van der Waals surface area contributed by atoms with Crippen molar-refractivity contribution in [3.63, 3.8) is 0 Å². The van der Waals surface area contributed by atoms with Crippen LogP contribution >= 0.6 is 11.8 Å². The second-order valence-corrected chi connectivity index (χ2v) is 8.45. The molecule has 0 fully saturated rings. The van der Waals surface area contributed by atoms with Crippen LogP contribution in [0.4, 0.5) is 0 Å². The number of hydrogen-bond donors (Lipinski definition) is 0. The van der Waals surface area contributed by atoms with Crippen LogP contribution in [0.25, 0.3) is 11.0 Å². The van der Waals surface area contributed by atoms with Crippen molar-refractivity contribution in [3.8, 4) is 5.75 Å². The Morgan fingerprint density at radius 2 is 1.97 bits per heavy atom. The van der Waals surface area contributed by atoms with E-state index in [1.54, 1.807) is 31.4 Å². The van der Waals surface area contributed by atoms with E-state index in [1.165, 1.54) is 23.4 Å². The van der Waals surface area contributed by atoms with E-state index in [0.717, 1.165) is 4.57 Å². The largest absolute Gasteiger partial charge is 0.497 e. The van der Waals surface area contributed by atoms with Gasteiger partial charge in [0.05, 0.1) is 12.9 Å². The van der Waals surface area contributed by atoms with Gasteiger partial charge in [0, 0.05) is 25.1 Å². The van der Waals surface area contributed by atoms with Crippen LogP contribution in [0, 0.1) is 0 Å². The predicted octanol–water partition coefficient (Wildman–Crippen LogP) is 3.01. The van der Waals surface area contributed by atoms with Gasteiger partial charge in [0.2, 0.25) is 0 Å². The van der Waals surface area contributed by atoms with E-state index in [0.29, 0.717) is 40.8 Å². The summed E-state index contributed by atoms with van der Waals surface area (Å²) in [7, 11) is 2.99. The summed E-state index contributed by atoms with van der Waals surface area (Å²) in [6.45, 7) is 6.28. The molecule has 0 saturated carbocycles. The molecule has 3 rings (SSSR count). The van der Waals surface area contributed by atoms with Crippen LogP contribution in [0.2, 0.25) is 0 Å². The summed E-state index contributed by atoms with van der Waals surface area (Å²) < 4.78 is 7.77. The summed E-state index contributed by atoms with van der Waals surface area (Å²) in [6, 6.07) is 6.93. The average Bonchev–Trinajstić information content (AvgIpc) is 2.78. The molecule has 0 unspecified atom stereocenters. The molecule has 0 radical (unpaired) electrons. The zero-order valence-corrected chi connectivity index (χ0v) is 19.2. The monoisotopic (exact) mass is 442 g/mol. The SMILES string of the molecule is CCCn1c(=O)n(C)c(=O)c2c(SCC(=O)c3cccc(OC)c3)nc(C(C)C)nc21. The number of hydrogen-bond acceptors (Lipinski definition) is 7. The van der Waals surface area contributed by atoms with Gasteiger partial charge in [-0.05, 0) is 18.6 Å². The first-order chi connectivity index (χ1) is 14.8. The molecule has 0 N–H and O–H groups in total. The number of ether oxygens (including phenoxy) is 1. The lowest BCUT2D eigenvalue weighted by Gasteiger charge is -2.15. The van der Waals surface area contributed by atoms with Crippen LogP contribution in [0.1, 0.15) is 49.3 Å². The number of carbonyl (C=O) groups excluding carboxylic acids is 1. The van der Waals surface area contributed by atoms with Crippen LogP contribution in [-0.2, 0) is 13.6 Å². The van der Waals surface area contributed by atoms with Gasteiger partial charge in [-0.2, -0.15) is 0 Å². The number of aryl methyl sites for hydroxylation is 1. The van der Waals surface area contributed by atoms with Gasteiger partial charge in [-0.1, -0.05) is 44.7 Å². The van der Waals surface area contributed by atoms with Gasteiger partial charge < -0.3 is 4.74 Å². The van der Waals surface area contributed by atoms with E-state index in [4.69, 9.17) is 4.74 Å². The Balaban J connectivity index is 2.11. The highest BCUT2D eigenvalue weighted by Gasteiger charge is 2.20. The highest BCUT2D eigenvalue weighted by atomic mass is 32.2. The maximum atomic E-state index is 13.0. The van der Waals surface area contributed by atoms with Crippen molar-refractivity contribution < 1.29 is 9.53 Å². The first kappa shape index (κ1) is 22.7. The fourth-order valence-corrected chi connectivity index (χ4v) is 4.07. The maximum Gasteiger partial charge on any atom is 0.332 e. The molecule has 0 amide bonds. The van der Waals surface area contributed by atoms with Gasteiger partial charge in [-0.15, -0.1) is 0 Å². The topological polar surface area (TPSA) is 96.1 Å². The van der Waals surface area contributed by atoms with Gasteiger partial charge in [0.15, 0.2) is 11.4 Å². The van der Waals surface area contributed by atoms with E-state index < -0.39 is 11.2 Å². The number of nitrogens with zero attached hydrogens (tertiary/aromatic N) is 4. The third kappa shape index (κ3) is 4.56. The summed E-state index contributed by atoms with van der Waals surface area (Å²) in [6.07, 6.45) is 0.713. The van der Waals surface area contributed by atoms with Crippen molar-refractivity contribution in [1.82, 2.24) is 19.1 Å². The third-order valence-electron chi connectivity index (χ3n) is 4.86. The van der Waals surface area contributed by atoms with Crippen LogP contribution in [0.5, 0.6) is 5.75 Å². The van der Waals surface area contributed by atoms with Crippen molar-refractivity contribution in [2.45, 2.75) is 44.7 Å². The van der Waals surface area contributed by atoms with E-state index in [-0.39, 0.29) is 22.8 Å². The normalized spacial score (nSPS) is 11.3. The summed E-state index contributed by atoms with van der Waals surface area (Å²) in [5.74, 6) is 1.10. The molecule has 2 heterocycles. The zero-order chi connectivity index (χ0) is 22.7. The number of aromatic nitrogens is 4. The summed E-state index contributed by atoms with van der Waals surface area (Å²) in [4.78, 5) is 47.5. The zero-order valence-electron chi connectivity index (χ0n) is 18.3. The molecule has 0 aliphatic rings. The number of methoxy groups -OCH3 is 1. The molecule has 164 valence electrons. The summed E-state index contributed by atoms with van der Waals surface area (Å²) in [5, 5.41) is 0.679. The molecule has 2 aromatic heterocycles. The second kappa shape index (κ2) is 9.47. The lowest BCUT2D eigenvalue weighted by atomic mass is 10.1. The number of thioether (sulfide) groups is 1. The minimum atomic E-state index is -0.459. The molecule has 0 saturated heterocycles. The van der Waals surface area contributed by atoms with Crippen molar-refractivity contribution in [1.29, 1.82) is 0 Å². The van der Waals surface area contributed by atoms with Crippen molar-refractivity contribution in [3.05, 3.63) is 56.5 Å². The van der Waals surface area contributed by atoms with Crippen molar-refractivity contribution >= 4 is 28.6 Å². The number of ketones is 1. The Hall–Kier alpha value is -2.94. The standard InChI is InChI=1S/C22H26N4O4S/c1-6-10-26-19-17(21(28)25(4)22(26)29)20(24-18(23-19)13(2)3)31-12-16(27)14-8-7-9-15(11-14)30-5/h7-9,11,13H,6,10,12H2,1-5H3. The molecule has 3 aromatic rings. The summed E-state index contributed by atoms with van der Waals surface area (Å²) in [5.41, 5.74) is -0.0229. The van der Waals surface area contributed by atoms with Crippen molar-refractivity contribution in [2.75, 3.05) is 12.9 Å². The first-order valence-electron chi connectivity index (χ1n) is 10.1. The Morgan fingerprint density at radius 1 is 1.23 bits per heavy atom. The van der Waals surface area contributed by atoms with Gasteiger partial charge >= 0.3 is 5.69 Å². The number of Topliss-reactive ketones (excluding diaryl/α,β-unsaturated/α-hetero) is 1. The molecule has 9 heteroatoms. The minimum Gasteiger partial charge on any atom is -0.497 e. The lowest BCUT2D eigenvalue weighted by molar-refractivity contribution is 0.102. The number of fused-ring (bicyclic) bond motifs is 1. The Kier molecular flexibility index (Phi) is 6.94. The molecule has 0 bridgehead atoms. The number of carbonyl (C=O) groups is 1. The van der Waals surface area contributed by atoms with Crippen LogP contribution in [-0.4, -0.2) is 37.7 Å². The average molecular weight is 443 g/mol.